The van der Waals surface area contributed by atoms with E-state index < -0.39 is 0 Å². The number of likely N-dealkylation sites (tertiary alicyclic amines) is 1. The first-order chi connectivity index (χ1) is 6.83. The molecule has 0 radical (unpaired) electrons. The lowest BCUT2D eigenvalue weighted by atomic mass is 10.00. The molecule has 0 spiro atoms. The van der Waals surface area contributed by atoms with Gasteiger partial charge in [0.2, 0.25) is 0 Å². The molecule has 2 N–H and O–H groups in total. The third-order valence-corrected chi connectivity index (χ3v) is 3.15. The molecule has 2 fully saturated rings. The van der Waals surface area contributed by atoms with Gasteiger partial charge in [0.1, 0.15) is 6.10 Å². The summed E-state index contributed by atoms with van der Waals surface area (Å²) in [5.74, 6) is 0.159. The molecule has 2 aliphatic rings. The molecule has 0 aromatic carbocycles. The average Bonchev–Trinajstić information content (AvgIpc) is 2.18. The fourth-order valence-corrected chi connectivity index (χ4v) is 2.10. The summed E-state index contributed by atoms with van der Waals surface area (Å²) in [4.78, 5) is 13.8. The van der Waals surface area contributed by atoms with Crippen molar-refractivity contribution in [1.82, 2.24) is 4.90 Å². The minimum absolute atomic E-state index is 0.159. The van der Waals surface area contributed by atoms with Crippen LogP contribution in [-0.2, 0) is 9.53 Å². The monoisotopic (exact) mass is 198 g/mol. The largest absolute Gasteiger partial charge is 0.368 e. The molecule has 1 amide bonds. The lowest BCUT2D eigenvalue weighted by molar-refractivity contribution is -0.154. The Morgan fingerprint density at radius 2 is 2.29 bits per heavy atom. The minimum atomic E-state index is -0.182. The third kappa shape index (κ3) is 1.77. The van der Waals surface area contributed by atoms with E-state index in [1.54, 1.807) is 0 Å². The number of ether oxygens (including phenoxy) is 1. The maximum absolute atomic E-state index is 11.9. The highest BCUT2D eigenvalue weighted by atomic mass is 16.5. The second-order valence-electron chi connectivity index (χ2n) is 4.07. The van der Waals surface area contributed by atoms with E-state index in [-0.39, 0.29) is 18.1 Å². The second kappa shape index (κ2) is 4.28. The normalized spacial score (nSPS) is 32.5. The molecule has 4 heteroatoms. The van der Waals surface area contributed by atoms with Crippen molar-refractivity contribution in [2.45, 2.75) is 37.8 Å². The topological polar surface area (TPSA) is 55.6 Å². The zero-order valence-electron chi connectivity index (χ0n) is 8.45. The SMILES string of the molecule is NCC1CCN1C(=O)C1CCCCO1. The van der Waals surface area contributed by atoms with Crippen LogP contribution in [0.25, 0.3) is 0 Å². The van der Waals surface area contributed by atoms with Crippen LogP contribution in [0.4, 0.5) is 0 Å². The third-order valence-electron chi connectivity index (χ3n) is 3.15. The number of nitrogens with two attached hydrogens (primary N) is 1. The van der Waals surface area contributed by atoms with Crippen molar-refractivity contribution in [3.63, 3.8) is 0 Å². The molecule has 2 unspecified atom stereocenters. The number of hydrogen-bond acceptors (Lipinski definition) is 3. The molecule has 14 heavy (non-hydrogen) atoms. The molecule has 80 valence electrons. The Hall–Kier alpha value is -0.610. The van der Waals surface area contributed by atoms with Crippen LogP contribution >= 0.6 is 0 Å². The van der Waals surface area contributed by atoms with Gasteiger partial charge in [-0.1, -0.05) is 0 Å². The number of carbonyl (C=O) groups excluding carboxylic acids is 1. The fraction of sp³-hybridized carbons (Fsp3) is 0.900. The van der Waals surface area contributed by atoms with Gasteiger partial charge in [0, 0.05) is 25.7 Å². The van der Waals surface area contributed by atoms with Crippen LogP contribution in [-0.4, -0.2) is 42.6 Å². The first-order valence-corrected chi connectivity index (χ1v) is 5.45. The standard InChI is InChI=1S/C10H18N2O2/c11-7-8-4-5-12(8)10(13)9-3-1-2-6-14-9/h8-9H,1-7,11H2. The van der Waals surface area contributed by atoms with Gasteiger partial charge in [0.25, 0.3) is 5.91 Å². The number of hydrogen-bond donors (Lipinski definition) is 1. The number of rotatable bonds is 2. The van der Waals surface area contributed by atoms with Gasteiger partial charge in [-0.05, 0) is 25.7 Å². The van der Waals surface area contributed by atoms with Crippen molar-refractivity contribution >= 4 is 5.91 Å². The molecule has 4 nitrogen and oxygen atoms in total. The van der Waals surface area contributed by atoms with Crippen molar-refractivity contribution in [3.8, 4) is 0 Å². The Morgan fingerprint density at radius 3 is 2.79 bits per heavy atom. The van der Waals surface area contributed by atoms with Gasteiger partial charge in [-0.2, -0.15) is 0 Å². The van der Waals surface area contributed by atoms with Gasteiger partial charge in [0.05, 0.1) is 0 Å². The molecule has 2 rings (SSSR count). The molecule has 0 bridgehead atoms. The highest BCUT2D eigenvalue weighted by molar-refractivity contribution is 5.82. The Morgan fingerprint density at radius 1 is 1.43 bits per heavy atom. The highest BCUT2D eigenvalue weighted by Crippen LogP contribution is 2.22. The molecule has 0 saturated carbocycles. The van der Waals surface area contributed by atoms with Crippen LogP contribution in [0.2, 0.25) is 0 Å². The van der Waals surface area contributed by atoms with Crippen LogP contribution in [0, 0.1) is 0 Å². The molecular weight excluding hydrogens is 180 g/mol. The summed E-state index contributed by atoms with van der Waals surface area (Å²) >= 11 is 0. The molecule has 0 aliphatic carbocycles. The van der Waals surface area contributed by atoms with Gasteiger partial charge >= 0.3 is 0 Å². The predicted molar refractivity (Wildman–Crippen MR) is 52.8 cm³/mol. The Balaban J connectivity index is 1.87. The van der Waals surface area contributed by atoms with E-state index in [1.165, 1.54) is 0 Å². The summed E-state index contributed by atoms with van der Waals surface area (Å²) in [5.41, 5.74) is 5.56. The summed E-state index contributed by atoms with van der Waals surface area (Å²) in [5, 5.41) is 0. The lowest BCUT2D eigenvalue weighted by Gasteiger charge is -2.42. The zero-order valence-corrected chi connectivity index (χ0v) is 8.45. The Kier molecular flexibility index (Phi) is 3.03. The van der Waals surface area contributed by atoms with Crippen molar-refractivity contribution in [2.24, 2.45) is 5.73 Å². The fourth-order valence-electron chi connectivity index (χ4n) is 2.10. The van der Waals surface area contributed by atoms with Crippen molar-refractivity contribution in [2.75, 3.05) is 19.7 Å². The minimum Gasteiger partial charge on any atom is -0.368 e. The summed E-state index contributed by atoms with van der Waals surface area (Å²) in [6, 6.07) is 0.271. The quantitative estimate of drug-likeness (QED) is 0.685. The van der Waals surface area contributed by atoms with E-state index in [0.717, 1.165) is 38.8 Å². The van der Waals surface area contributed by atoms with E-state index in [4.69, 9.17) is 10.5 Å². The maximum atomic E-state index is 11.9. The molecule has 2 heterocycles. The van der Waals surface area contributed by atoms with E-state index in [1.807, 2.05) is 4.90 Å². The summed E-state index contributed by atoms with van der Waals surface area (Å²) in [7, 11) is 0. The molecule has 0 aromatic heterocycles. The van der Waals surface area contributed by atoms with Crippen LogP contribution in [0.1, 0.15) is 25.7 Å². The summed E-state index contributed by atoms with van der Waals surface area (Å²) < 4.78 is 5.46. The molecule has 2 atom stereocenters. The Labute approximate surface area is 84.4 Å². The maximum Gasteiger partial charge on any atom is 0.251 e. The van der Waals surface area contributed by atoms with Gasteiger partial charge in [-0.15, -0.1) is 0 Å². The summed E-state index contributed by atoms with van der Waals surface area (Å²) in [6.07, 6.45) is 3.95. The van der Waals surface area contributed by atoms with Crippen LogP contribution in [0.15, 0.2) is 0 Å². The molecule has 2 saturated heterocycles. The van der Waals surface area contributed by atoms with Crippen molar-refractivity contribution in [3.05, 3.63) is 0 Å². The summed E-state index contributed by atoms with van der Waals surface area (Å²) in [6.45, 7) is 2.18. The van der Waals surface area contributed by atoms with Crippen molar-refractivity contribution < 1.29 is 9.53 Å². The van der Waals surface area contributed by atoms with E-state index >= 15 is 0 Å². The van der Waals surface area contributed by atoms with Crippen LogP contribution in [0.5, 0.6) is 0 Å². The van der Waals surface area contributed by atoms with Gasteiger partial charge in [-0.25, -0.2) is 0 Å². The smallest absolute Gasteiger partial charge is 0.251 e. The molecule has 0 aromatic rings. The first-order valence-electron chi connectivity index (χ1n) is 5.45. The van der Waals surface area contributed by atoms with Crippen molar-refractivity contribution in [1.29, 1.82) is 0 Å². The Bertz CT molecular complexity index is 208. The van der Waals surface area contributed by atoms with Gasteiger partial charge in [-0.3, -0.25) is 4.79 Å². The number of carbonyl (C=O) groups is 1. The van der Waals surface area contributed by atoms with Crippen LogP contribution in [0.3, 0.4) is 0 Å². The van der Waals surface area contributed by atoms with Gasteiger partial charge < -0.3 is 15.4 Å². The van der Waals surface area contributed by atoms with Crippen LogP contribution < -0.4 is 5.73 Å². The second-order valence-corrected chi connectivity index (χ2v) is 4.07. The lowest BCUT2D eigenvalue weighted by Crippen LogP contribution is -2.57. The van der Waals surface area contributed by atoms with Gasteiger partial charge in [0.15, 0.2) is 0 Å². The number of amides is 1. The van der Waals surface area contributed by atoms with E-state index in [0.29, 0.717) is 6.54 Å². The van der Waals surface area contributed by atoms with E-state index in [2.05, 4.69) is 0 Å². The first kappa shape index (κ1) is 9.93. The molecular formula is C10H18N2O2. The predicted octanol–water partition coefficient (Wildman–Crippen LogP) is 0.115. The molecule has 2 aliphatic heterocycles. The highest BCUT2D eigenvalue weighted by Gasteiger charge is 2.35. The zero-order chi connectivity index (χ0) is 9.97. The van der Waals surface area contributed by atoms with E-state index in [9.17, 15) is 4.79 Å². The number of nitrogens with zero attached hydrogens (tertiary/aromatic N) is 1. The average molecular weight is 198 g/mol.